The third kappa shape index (κ3) is 2.06. The Hall–Kier alpha value is -2.43. The molecule has 0 bridgehead atoms. The minimum absolute atomic E-state index is 0.111. The molecule has 0 N–H and O–H groups in total. The van der Waals surface area contributed by atoms with E-state index in [1.807, 2.05) is 50.4 Å². The quantitative estimate of drug-likeness (QED) is 0.575. The highest BCUT2D eigenvalue weighted by Crippen LogP contribution is 2.47. The van der Waals surface area contributed by atoms with E-state index in [-0.39, 0.29) is 11.0 Å². The van der Waals surface area contributed by atoms with Crippen LogP contribution in [0.5, 0.6) is 5.88 Å². The maximum absolute atomic E-state index is 12.9. The van der Waals surface area contributed by atoms with E-state index >= 15 is 0 Å². The summed E-state index contributed by atoms with van der Waals surface area (Å²) in [7, 11) is 0. The predicted molar refractivity (Wildman–Crippen MR) is 103 cm³/mol. The minimum Gasteiger partial charge on any atom is -0.471 e. The van der Waals surface area contributed by atoms with Crippen LogP contribution in [0.25, 0.3) is 16.6 Å². The lowest BCUT2D eigenvalue weighted by molar-refractivity contribution is 0.0667. The van der Waals surface area contributed by atoms with Crippen LogP contribution in [-0.2, 0) is 10.8 Å². The first-order valence-corrected chi connectivity index (χ1v) is 8.99. The van der Waals surface area contributed by atoms with Gasteiger partial charge in [-0.05, 0) is 31.4 Å². The van der Waals surface area contributed by atoms with Gasteiger partial charge in [0.2, 0.25) is 5.88 Å². The first kappa shape index (κ1) is 17.0. The number of fused-ring (bicyclic) bond motifs is 5. The Kier molecular flexibility index (Phi) is 3.17. The molecule has 3 aromatic heterocycles. The summed E-state index contributed by atoms with van der Waals surface area (Å²) in [4.78, 5) is 22.0. The molecule has 0 saturated carbocycles. The summed E-state index contributed by atoms with van der Waals surface area (Å²) in [5.74, 6) is 0.603. The van der Waals surface area contributed by atoms with Crippen LogP contribution in [0.2, 0.25) is 0 Å². The van der Waals surface area contributed by atoms with Crippen molar-refractivity contribution in [2.45, 2.75) is 64.9 Å². The van der Waals surface area contributed by atoms with E-state index in [2.05, 4.69) is 30.7 Å². The standard InChI is InChI=1S/C21H25N3O2/c1-19(2,3)13-11-24-16(12-9-8-10-22-15(12)13)23-17(25)14-18(24)26-21(6,7)20(14,4)5/h8-11H,1-7H3. The summed E-state index contributed by atoms with van der Waals surface area (Å²) in [6.07, 6.45) is 3.82. The van der Waals surface area contributed by atoms with E-state index in [4.69, 9.17) is 4.74 Å². The lowest BCUT2D eigenvalue weighted by Gasteiger charge is -2.32. The first-order chi connectivity index (χ1) is 11.9. The zero-order valence-electron chi connectivity index (χ0n) is 16.5. The normalized spacial score (nSPS) is 18.1. The summed E-state index contributed by atoms with van der Waals surface area (Å²) in [6, 6.07) is 3.85. The van der Waals surface area contributed by atoms with Crippen molar-refractivity contribution < 1.29 is 4.74 Å². The number of rotatable bonds is 0. The Balaban J connectivity index is 2.24. The molecule has 0 radical (unpaired) electrons. The number of pyridine rings is 2. The van der Waals surface area contributed by atoms with E-state index in [0.717, 1.165) is 16.5 Å². The Labute approximate surface area is 153 Å². The number of aromatic nitrogens is 3. The van der Waals surface area contributed by atoms with Crippen molar-refractivity contribution in [2.24, 2.45) is 0 Å². The Bertz CT molecular complexity index is 1120. The molecule has 0 unspecified atom stereocenters. The van der Waals surface area contributed by atoms with Crippen molar-refractivity contribution in [1.82, 2.24) is 14.4 Å². The molecule has 4 rings (SSSR count). The highest BCUT2D eigenvalue weighted by molar-refractivity contribution is 5.94. The molecular formula is C21H25N3O2. The highest BCUT2D eigenvalue weighted by atomic mass is 16.5. The lowest BCUT2D eigenvalue weighted by Crippen LogP contribution is -2.43. The van der Waals surface area contributed by atoms with E-state index in [9.17, 15) is 4.79 Å². The summed E-state index contributed by atoms with van der Waals surface area (Å²) >= 11 is 0. The predicted octanol–water partition coefficient (Wildman–Crippen LogP) is 3.99. The van der Waals surface area contributed by atoms with Crippen molar-refractivity contribution in [3.63, 3.8) is 0 Å². The van der Waals surface area contributed by atoms with Crippen molar-refractivity contribution in [3.05, 3.63) is 46.0 Å². The highest BCUT2D eigenvalue weighted by Gasteiger charge is 2.51. The summed E-state index contributed by atoms with van der Waals surface area (Å²) in [5.41, 5.74) is 1.96. The average molecular weight is 351 g/mol. The van der Waals surface area contributed by atoms with Crippen LogP contribution in [0, 0.1) is 0 Å². The topological polar surface area (TPSA) is 56.5 Å². The molecule has 5 nitrogen and oxygen atoms in total. The third-order valence-electron chi connectivity index (χ3n) is 5.93. The van der Waals surface area contributed by atoms with Crippen molar-refractivity contribution >= 4 is 16.6 Å². The Morgan fingerprint density at radius 1 is 1.15 bits per heavy atom. The second-order valence-electron chi connectivity index (χ2n) is 9.22. The van der Waals surface area contributed by atoms with E-state index < -0.39 is 11.0 Å². The summed E-state index contributed by atoms with van der Waals surface area (Å²) in [6.45, 7) is 14.6. The van der Waals surface area contributed by atoms with Gasteiger partial charge in [-0.15, -0.1) is 0 Å². The molecule has 136 valence electrons. The van der Waals surface area contributed by atoms with Gasteiger partial charge in [0.1, 0.15) is 5.60 Å². The fraction of sp³-hybridized carbons (Fsp3) is 0.476. The zero-order valence-corrected chi connectivity index (χ0v) is 16.5. The Morgan fingerprint density at radius 3 is 2.50 bits per heavy atom. The fourth-order valence-corrected chi connectivity index (χ4v) is 3.67. The number of ether oxygens (including phenoxy) is 1. The molecular weight excluding hydrogens is 326 g/mol. The zero-order chi connectivity index (χ0) is 19.1. The smallest absolute Gasteiger partial charge is 0.281 e. The molecule has 0 saturated heterocycles. The number of nitrogens with zero attached hydrogens (tertiary/aromatic N) is 3. The van der Waals surface area contributed by atoms with Crippen molar-refractivity contribution in [1.29, 1.82) is 0 Å². The molecule has 5 heteroatoms. The van der Waals surface area contributed by atoms with Gasteiger partial charge in [0.05, 0.1) is 11.1 Å². The van der Waals surface area contributed by atoms with Gasteiger partial charge in [0, 0.05) is 28.8 Å². The second-order valence-corrected chi connectivity index (χ2v) is 9.22. The second kappa shape index (κ2) is 4.84. The molecule has 0 aliphatic carbocycles. The molecule has 4 heterocycles. The van der Waals surface area contributed by atoms with Gasteiger partial charge in [0.25, 0.3) is 5.56 Å². The molecule has 0 fully saturated rings. The minimum atomic E-state index is -0.497. The van der Waals surface area contributed by atoms with Gasteiger partial charge in [-0.3, -0.25) is 14.2 Å². The van der Waals surface area contributed by atoms with Gasteiger partial charge in [-0.1, -0.05) is 34.6 Å². The maximum atomic E-state index is 12.9. The van der Waals surface area contributed by atoms with Crippen LogP contribution in [0.15, 0.2) is 29.3 Å². The fourth-order valence-electron chi connectivity index (χ4n) is 3.67. The van der Waals surface area contributed by atoms with Gasteiger partial charge in [-0.2, -0.15) is 4.98 Å². The Morgan fingerprint density at radius 2 is 1.85 bits per heavy atom. The maximum Gasteiger partial charge on any atom is 0.281 e. The summed E-state index contributed by atoms with van der Waals surface area (Å²) in [5, 5.41) is 0.867. The third-order valence-corrected chi connectivity index (χ3v) is 5.93. The molecule has 3 aromatic rings. The average Bonchev–Trinajstić information content (AvgIpc) is 2.71. The molecule has 0 aromatic carbocycles. The monoisotopic (exact) mass is 351 g/mol. The number of hydrogen-bond acceptors (Lipinski definition) is 4. The van der Waals surface area contributed by atoms with Gasteiger partial charge in [-0.25, -0.2) is 0 Å². The molecule has 0 atom stereocenters. The molecule has 26 heavy (non-hydrogen) atoms. The van der Waals surface area contributed by atoms with Crippen LogP contribution in [0.3, 0.4) is 0 Å². The van der Waals surface area contributed by atoms with Gasteiger partial charge >= 0.3 is 0 Å². The first-order valence-electron chi connectivity index (χ1n) is 8.99. The van der Waals surface area contributed by atoms with Crippen LogP contribution >= 0.6 is 0 Å². The number of hydrogen-bond donors (Lipinski definition) is 0. The molecule has 1 aliphatic rings. The van der Waals surface area contributed by atoms with E-state index in [1.165, 1.54) is 0 Å². The van der Waals surface area contributed by atoms with Gasteiger partial charge < -0.3 is 4.74 Å². The van der Waals surface area contributed by atoms with Crippen LogP contribution in [0.1, 0.15) is 59.6 Å². The van der Waals surface area contributed by atoms with Crippen LogP contribution in [0.4, 0.5) is 0 Å². The van der Waals surface area contributed by atoms with E-state index in [1.54, 1.807) is 6.20 Å². The van der Waals surface area contributed by atoms with Crippen LogP contribution < -0.4 is 10.3 Å². The van der Waals surface area contributed by atoms with Crippen molar-refractivity contribution in [2.75, 3.05) is 0 Å². The molecule has 0 spiro atoms. The molecule has 0 amide bonds. The summed E-state index contributed by atoms with van der Waals surface area (Å²) < 4.78 is 8.27. The van der Waals surface area contributed by atoms with Crippen molar-refractivity contribution in [3.8, 4) is 5.88 Å². The molecule has 1 aliphatic heterocycles. The SMILES string of the molecule is CC(C)(C)c1cn2c3c(c(=O)nc2c2cccnc12)C(C)(C)C(C)(C)O3. The van der Waals surface area contributed by atoms with Gasteiger partial charge in [0.15, 0.2) is 5.65 Å². The largest absolute Gasteiger partial charge is 0.471 e. The lowest BCUT2D eigenvalue weighted by atomic mass is 9.74. The van der Waals surface area contributed by atoms with Crippen LogP contribution in [-0.4, -0.2) is 20.0 Å². The van der Waals surface area contributed by atoms with E-state index in [0.29, 0.717) is 17.1 Å².